The number of carboxylic acid groups (broad SMARTS) is 4. The maximum Gasteiger partial charge on any atom is 0.352 e. The van der Waals surface area contributed by atoms with Crippen molar-refractivity contribution in [1.82, 2.24) is 10.6 Å². The lowest BCUT2D eigenvalue weighted by molar-refractivity contribution is -0.136. The van der Waals surface area contributed by atoms with E-state index >= 15 is 4.39 Å². The summed E-state index contributed by atoms with van der Waals surface area (Å²) >= 11 is 0. The highest BCUT2D eigenvalue weighted by Gasteiger charge is 2.39. The first-order chi connectivity index (χ1) is 11.5. The zero-order valence-corrected chi connectivity index (χ0v) is 12.3. The molecule has 0 aromatic rings. The molecule has 0 aliphatic heterocycles. The van der Waals surface area contributed by atoms with Crippen LogP contribution < -0.4 is 10.6 Å². The number of rotatable bonds is 8. The van der Waals surface area contributed by atoms with Gasteiger partial charge in [0.1, 0.15) is 17.4 Å². The summed E-state index contributed by atoms with van der Waals surface area (Å²) in [6, 6.07) is -1.55. The SMILES string of the molecule is O=C(O)C=C(NC1C=CC=CC1(F)NC(=CC(=O)O)C(=O)O)C(=O)O. The monoisotopic (exact) mass is 356 g/mol. The van der Waals surface area contributed by atoms with E-state index < -0.39 is 47.1 Å². The van der Waals surface area contributed by atoms with Crippen molar-refractivity contribution in [1.29, 1.82) is 0 Å². The van der Waals surface area contributed by atoms with Gasteiger partial charge in [-0.25, -0.2) is 23.6 Å². The van der Waals surface area contributed by atoms with Crippen LogP contribution in [0.4, 0.5) is 4.39 Å². The first kappa shape index (κ1) is 19.4. The fourth-order valence-electron chi connectivity index (χ4n) is 1.82. The van der Waals surface area contributed by atoms with Crippen molar-refractivity contribution in [2.45, 2.75) is 11.8 Å². The van der Waals surface area contributed by atoms with Crippen LogP contribution >= 0.6 is 0 Å². The maximum atomic E-state index is 15.1. The van der Waals surface area contributed by atoms with Crippen LogP contribution in [0.15, 0.2) is 47.9 Å². The predicted octanol–water partition coefficient (Wildman–Crippen LogP) is -0.568. The fraction of sp³-hybridized carbons (Fsp3) is 0.143. The van der Waals surface area contributed by atoms with Crippen molar-refractivity contribution in [3.63, 3.8) is 0 Å². The number of hydrogen-bond acceptors (Lipinski definition) is 6. The number of carboxylic acids is 4. The Labute approximate surface area is 139 Å². The smallest absolute Gasteiger partial charge is 0.352 e. The molecule has 25 heavy (non-hydrogen) atoms. The van der Waals surface area contributed by atoms with Gasteiger partial charge in [0.25, 0.3) is 0 Å². The number of nitrogens with one attached hydrogen (secondary N) is 2. The van der Waals surface area contributed by atoms with Gasteiger partial charge in [-0.3, -0.25) is 0 Å². The molecule has 2 unspecified atom stereocenters. The molecule has 134 valence electrons. The molecule has 6 N–H and O–H groups in total. The van der Waals surface area contributed by atoms with Crippen molar-refractivity contribution >= 4 is 23.9 Å². The Morgan fingerprint density at radius 1 is 0.920 bits per heavy atom. The molecule has 2 atom stereocenters. The molecule has 0 saturated heterocycles. The Morgan fingerprint density at radius 2 is 1.44 bits per heavy atom. The van der Waals surface area contributed by atoms with Gasteiger partial charge >= 0.3 is 23.9 Å². The zero-order chi connectivity index (χ0) is 19.2. The van der Waals surface area contributed by atoms with E-state index in [1.807, 2.05) is 5.32 Å². The zero-order valence-electron chi connectivity index (χ0n) is 12.3. The minimum absolute atomic E-state index is 0.220. The van der Waals surface area contributed by atoms with Crippen LogP contribution in [0.2, 0.25) is 0 Å². The summed E-state index contributed by atoms with van der Waals surface area (Å²) in [6.45, 7) is 0. The summed E-state index contributed by atoms with van der Waals surface area (Å²) in [5.41, 5.74) is -1.86. The van der Waals surface area contributed by atoms with Crippen LogP contribution in [0.25, 0.3) is 0 Å². The van der Waals surface area contributed by atoms with Crippen LogP contribution in [-0.4, -0.2) is 56.1 Å². The lowest BCUT2D eigenvalue weighted by Gasteiger charge is -2.33. The molecule has 1 aliphatic carbocycles. The standard InChI is InChI=1S/C14H13FN2O8/c15-14(17-8(13(24)25)6-11(20)21)4-2-1-3-9(14)16-7(12(22)23)5-10(18)19/h1-6,9,16-17H,(H,18,19)(H,20,21)(H,22,23)(H,24,25). The average molecular weight is 356 g/mol. The molecule has 0 heterocycles. The third-order valence-corrected chi connectivity index (χ3v) is 2.84. The van der Waals surface area contributed by atoms with Crippen molar-refractivity contribution in [2.75, 3.05) is 0 Å². The fourth-order valence-corrected chi connectivity index (χ4v) is 1.82. The van der Waals surface area contributed by atoms with Gasteiger partial charge in [-0.1, -0.05) is 18.2 Å². The second kappa shape index (κ2) is 7.77. The summed E-state index contributed by atoms with van der Waals surface area (Å²) in [4.78, 5) is 43.3. The third-order valence-electron chi connectivity index (χ3n) is 2.84. The number of aliphatic carboxylic acids is 4. The van der Waals surface area contributed by atoms with Gasteiger partial charge in [-0.05, 0) is 6.08 Å². The van der Waals surface area contributed by atoms with E-state index in [2.05, 4.69) is 5.32 Å². The Morgan fingerprint density at radius 3 is 1.92 bits per heavy atom. The van der Waals surface area contributed by atoms with Gasteiger partial charge in [-0.2, -0.15) is 0 Å². The van der Waals surface area contributed by atoms with E-state index in [1.54, 1.807) is 0 Å². The largest absolute Gasteiger partial charge is 0.478 e. The Hall–Kier alpha value is -3.63. The summed E-state index contributed by atoms with van der Waals surface area (Å²) in [6.07, 6.45) is 4.92. The number of alkyl halides is 1. The Bertz CT molecular complexity index is 724. The van der Waals surface area contributed by atoms with Gasteiger partial charge in [0, 0.05) is 0 Å². The molecule has 0 spiro atoms. The summed E-state index contributed by atoms with van der Waals surface area (Å²) in [5, 5.41) is 39.1. The van der Waals surface area contributed by atoms with Crippen molar-refractivity contribution < 1.29 is 44.0 Å². The molecular weight excluding hydrogens is 343 g/mol. The second-order valence-electron chi connectivity index (χ2n) is 4.66. The van der Waals surface area contributed by atoms with Crippen LogP contribution in [0, 0.1) is 0 Å². The van der Waals surface area contributed by atoms with E-state index in [0.29, 0.717) is 6.08 Å². The van der Waals surface area contributed by atoms with Crippen molar-refractivity contribution in [3.05, 3.63) is 47.9 Å². The highest BCUT2D eigenvalue weighted by Crippen LogP contribution is 2.23. The van der Waals surface area contributed by atoms with Crippen molar-refractivity contribution in [3.8, 4) is 0 Å². The number of halogens is 1. The number of hydrogen-bond donors (Lipinski definition) is 6. The van der Waals surface area contributed by atoms with Crippen molar-refractivity contribution in [2.24, 2.45) is 0 Å². The molecule has 11 heteroatoms. The van der Waals surface area contributed by atoms with E-state index in [-0.39, 0.29) is 6.08 Å². The highest BCUT2D eigenvalue weighted by molar-refractivity contribution is 5.95. The molecule has 0 saturated carbocycles. The lowest BCUT2D eigenvalue weighted by Crippen LogP contribution is -2.56. The number of allylic oxidation sites excluding steroid dienone is 2. The molecular formula is C14H13FN2O8. The van der Waals surface area contributed by atoms with Crippen LogP contribution in [0.5, 0.6) is 0 Å². The number of carbonyl (C=O) groups is 4. The Kier molecular flexibility index (Phi) is 6.03. The van der Waals surface area contributed by atoms with E-state index in [1.165, 1.54) is 12.2 Å². The van der Waals surface area contributed by atoms with Gasteiger partial charge in [0.15, 0.2) is 0 Å². The normalized spacial score (nSPS) is 23.0. The molecule has 0 amide bonds. The Balaban J connectivity index is 3.18. The van der Waals surface area contributed by atoms with Crippen LogP contribution in [0.3, 0.4) is 0 Å². The maximum absolute atomic E-state index is 15.1. The molecule has 0 radical (unpaired) electrons. The van der Waals surface area contributed by atoms with E-state index in [4.69, 9.17) is 20.4 Å². The summed E-state index contributed by atoms with van der Waals surface area (Å²) < 4.78 is 15.1. The third kappa shape index (κ3) is 5.49. The minimum atomic E-state index is -2.75. The van der Waals surface area contributed by atoms with E-state index in [0.717, 1.165) is 12.2 Å². The molecule has 1 rings (SSSR count). The van der Waals surface area contributed by atoms with E-state index in [9.17, 15) is 19.2 Å². The summed E-state index contributed by atoms with van der Waals surface area (Å²) in [5.74, 6) is -9.45. The summed E-state index contributed by atoms with van der Waals surface area (Å²) in [7, 11) is 0. The average Bonchev–Trinajstić information content (AvgIpc) is 2.47. The molecule has 0 aromatic carbocycles. The molecule has 0 fully saturated rings. The quantitative estimate of drug-likeness (QED) is 0.244. The van der Waals surface area contributed by atoms with Crippen LogP contribution in [0.1, 0.15) is 0 Å². The first-order valence-electron chi connectivity index (χ1n) is 6.50. The van der Waals surface area contributed by atoms with Gasteiger partial charge < -0.3 is 31.1 Å². The predicted molar refractivity (Wildman–Crippen MR) is 78.9 cm³/mol. The first-order valence-corrected chi connectivity index (χ1v) is 6.50. The lowest BCUT2D eigenvalue weighted by atomic mass is 9.99. The van der Waals surface area contributed by atoms with Gasteiger partial charge in [-0.15, -0.1) is 0 Å². The van der Waals surface area contributed by atoms with Crippen LogP contribution in [-0.2, 0) is 19.2 Å². The molecule has 1 aliphatic rings. The van der Waals surface area contributed by atoms with Gasteiger partial charge in [0.2, 0.25) is 5.79 Å². The van der Waals surface area contributed by atoms with Gasteiger partial charge in [0.05, 0.1) is 12.2 Å². The topological polar surface area (TPSA) is 173 Å². The molecule has 10 nitrogen and oxygen atoms in total. The molecule has 0 aromatic heterocycles. The highest BCUT2D eigenvalue weighted by atomic mass is 19.1. The minimum Gasteiger partial charge on any atom is -0.478 e. The molecule has 0 bridgehead atoms. The second-order valence-corrected chi connectivity index (χ2v) is 4.66.